The molecule has 4 N–H and O–H groups in total. The Morgan fingerprint density at radius 2 is 1.41 bits per heavy atom. The molecule has 0 fully saturated rings. The monoisotopic (exact) mass is 670 g/mol. The van der Waals surface area contributed by atoms with Gasteiger partial charge in [-0.15, -0.1) is 0 Å². The standard InChI is InChI=1S/C18H14Cl2O7.C15H14O4/c1-5-9-16(11(20)13(22)10(5)19)26-14-6(2)8(17(23)25-4)12(21)7(3)15(14)27-18(9)24;1-19-12-5-2-10(3-6-12)8-14(17)13-7-4-11(16)9-15(13)18/h21-22H,1-4H3;2-7,9,16,18H,8H2,1H3. The highest BCUT2D eigenvalue weighted by atomic mass is 35.5. The van der Waals surface area contributed by atoms with Gasteiger partial charge in [-0.2, -0.15) is 0 Å². The zero-order valence-electron chi connectivity index (χ0n) is 25.2. The van der Waals surface area contributed by atoms with E-state index in [1.54, 1.807) is 31.4 Å². The lowest BCUT2D eigenvalue weighted by atomic mass is 10.0. The highest BCUT2D eigenvalue weighted by Crippen LogP contribution is 2.52. The van der Waals surface area contributed by atoms with Crippen LogP contribution in [0.15, 0.2) is 42.5 Å². The molecule has 4 aromatic rings. The lowest BCUT2D eigenvalue weighted by Gasteiger charge is -2.17. The first-order valence-electron chi connectivity index (χ1n) is 13.4. The number of hydrogen-bond donors (Lipinski definition) is 4. The highest BCUT2D eigenvalue weighted by molar-refractivity contribution is 6.39. The van der Waals surface area contributed by atoms with Crippen molar-refractivity contribution in [2.45, 2.75) is 27.2 Å². The Morgan fingerprint density at radius 3 is 2.00 bits per heavy atom. The first-order valence-corrected chi connectivity index (χ1v) is 14.2. The van der Waals surface area contributed by atoms with Crippen LogP contribution in [0.4, 0.5) is 0 Å². The molecular formula is C33H28Cl2O11. The van der Waals surface area contributed by atoms with Gasteiger partial charge in [0.25, 0.3) is 0 Å². The van der Waals surface area contributed by atoms with Gasteiger partial charge in [-0.25, -0.2) is 9.59 Å². The fourth-order valence-electron chi connectivity index (χ4n) is 4.66. The zero-order chi connectivity index (χ0) is 34.0. The number of fused-ring (bicyclic) bond motifs is 2. The van der Waals surface area contributed by atoms with Gasteiger partial charge in [-0.3, -0.25) is 4.79 Å². The molecule has 46 heavy (non-hydrogen) atoms. The first-order chi connectivity index (χ1) is 21.7. The predicted molar refractivity (Wildman–Crippen MR) is 168 cm³/mol. The molecule has 240 valence electrons. The van der Waals surface area contributed by atoms with E-state index in [-0.39, 0.29) is 84.4 Å². The van der Waals surface area contributed by atoms with E-state index in [1.165, 1.54) is 40.0 Å². The Kier molecular flexibility index (Phi) is 9.89. The van der Waals surface area contributed by atoms with Crippen LogP contribution >= 0.6 is 23.2 Å². The predicted octanol–water partition coefficient (Wildman–Crippen LogP) is 6.97. The molecule has 0 amide bonds. The van der Waals surface area contributed by atoms with Gasteiger partial charge in [0, 0.05) is 23.6 Å². The maximum atomic E-state index is 12.7. The second-order valence-corrected chi connectivity index (χ2v) is 10.8. The lowest BCUT2D eigenvalue weighted by molar-refractivity contribution is 0.0595. The molecule has 1 aliphatic heterocycles. The van der Waals surface area contributed by atoms with Crippen molar-refractivity contribution in [3.8, 4) is 46.0 Å². The van der Waals surface area contributed by atoms with Crippen LogP contribution in [0, 0.1) is 20.8 Å². The molecule has 0 spiro atoms. The molecule has 0 atom stereocenters. The van der Waals surface area contributed by atoms with Crippen molar-refractivity contribution < 1.29 is 53.8 Å². The van der Waals surface area contributed by atoms with Crippen LogP contribution in [0.3, 0.4) is 0 Å². The summed E-state index contributed by atoms with van der Waals surface area (Å²) in [6.45, 7) is 4.43. The maximum Gasteiger partial charge on any atom is 0.347 e. The Bertz CT molecular complexity index is 1880. The van der Waals surface area contributed by atoms with E-state index in [4.69, 9.17) is 42.1 Å². The summed E-state index contributed by atoms with van der Waals surface area (Å²) in [6, 6.07) is 11.1. The lowest BCUT2D eigenvalue weighted by Crippen LogP contribution is -2.11. The molecule has 4 aromatic carbocycles. The van der Waals surface area contributed by atoms with Gasteiger partial charge in [-0.05, 0) is 56.2 Å². The van der Waals surface area contributed by atoms with Crippen molar-refractivity contribution in [2.75, 3.05) is 14.2 Å². The van der Waals surface area contributed by atoms with Gasteiger partial charge >= 0.3 is 11.9 Å². The Balaban J connectivity index is 0.000000222. The fraction of sp³-hybridized carbons (Fsp3) is 0.182. The minimum atomic E-state index is -0.835. The summed E-state index contributed by atoms with van der Waals surface area (Å²) in [4.78, 5) is 36.8. The summed E-state index contributed by atoms with van der Waals surface area (Å²) in [5.74, 6) is -2.50. The smallest absolute Gasteiger partial charge is 0.347 e. The average molecular weight is 671 g/mol. The molecule has 0 bridgehead atoms. The van der Waals surface area contributed by atoms with Crippen LogP contribution in [-0.4, -0.2) is 52.4 Å². The molecule has 0 aromatic heterocycles. The number of methoxy groups -OCH3 is 2. The molecule has 11 nitrogen and oxygen atoms in total. The maximum absolute atomic E-state index is 12.7. The quantitative estimate of drug-likeness (QED) is 0.0982. The van der Waals surface area contributed by atoms with E-state index in [2.05, 4.69) is 0 Å². The summed E-state index contributed by atoms with van der Waals surface area (Å²) in [6.07, 6.45) is 0.183. The molecule has 0 saturated carbocycles. The van der Waals surface area contributed by atoms with Gasteiger partial charge < -0.3 is 39.4 Å². The van der Waals surface area contributed by atoms with E-state index >= 15 is 0 Å². The van der Waals surface area contributed by atoms with E-state index in [9.17, 15) is 34.8 Å². The van der Waals surface area contributed by atoms with Crippen molar-refractivity contribution in [3.63, 3.8) is 0 Å². The van der Waals surface area contributed by atoms with Crippen LogP contribution in [0.2, 0.25) is 10.0 Å². The Morgan fingerprint density at radius 1 is 0.783 bits per heavy atom. The number of ether oxygens (including phenoxy) is 4. The average Bonchev–Trinajstić information content (AvgIpc) is 3.19. The number of Topliss-reactive ketones (excluding diaryl/α,β-unsaturated/α-hetero) is 1. The van der Waals surface area contributed by atoms with Gasteiger partial charge in [0.1, 0.15) is 39.1 Å². The summed E-state index contributed by atoms with van der Waals surface area (Å²) < 4.78 is 20.9. The number of phenolic OH excluding ortho intramolecular Hbond substituents is 4. The molecule has 0 unspecified atom stereocenters. The number of hydrogen-bond acceptors (Lipinski definition) is 11. The van der Waals surface area contributed by atoms with E-state index in [1.807, 2.05) is 0 Å². The second kappa shape index (κ2) is 13.5. The number of benzene rings is 4. The number of phenols is 4. The summed E-state index contributed by atoms with van der Waals surface area (Å²) in [7, 11) is 2.74. The van der Waals surface area contributed by atoms with Gasteiger partial charge in [0.15, 0.2) is 28.8 Å². The van der Waals surface area contributed by atoms with Crippen LogP contribution in [0.1, 0.15) is 53.3 Å². The first kappa shape index (κ1) is 33.8. The zero-order valence-corrected chi connectivity index (χ0v) is 26.7. The van der Waals surface area contributed by atoms with E-state index < -0.39 is 23.4 Å². The van der Waals surface area contributed by atoms with Crippen molar-refractivity contribution in [1.82, 2.24) is 0 Å². The number of esters is 2. The Labute approximate surface area is 273 Å². The number of carbonyl (C=O) groups is 3. The van der Waals surface area contributed by atoms with Crippen molar-refractivity contribution in [3.05, 3.63) is 91.5 Å². The molecule has 1 aliphatic rings. The molecule has 0 saturated heterocycles. The molecule has 13 heteroatoms. The molecule has 0 radical (unpaired) electrons. The van der Waals surface area contributed by atoms with Crippen molar-refractivity contribution >= 4 is 40.9 Å². The van der Waals surface area contributed by atoms with Gasteiger partial charge in [0.2, 0.25) is 0 Å². The molecular weight excluding hydrogens is 643 g/mol. The third kappa shape index (κ3) is 6.33. The number of ketones is 1. The minimum Gasteiger partial charge on any atom is -0.508 e. The van der Waals surface area contributed by atoms with E-state index in [0.717, 1.165) is 17.4 Å². The van der Waals surface area contributed by atoms with Crippen LogP contribution in [-0.2, 0) is 11.2 Å². The molecule has 1 heterocycles. The topological polar surface area (TPSA) is 169 Å². The molecule has 5 rings (SSSR count). The van der Waals surface area contributed by atoms with Crippen molar-refractivity contribution in [1.29, 1.82) is 0 Å². The van der Waals surface area contributed by atoms with E-state index in [0.29, 0.717) is 0 Å². The largest absolute Gasteiger partial charge is 0.508 e. The molecule has 0 aliphatic carbocycles. The number of rotatable bonds is 5. The van der Waals surface area contributed by atoms with Crippen LogP contribution in [0.25, 0.3) is 0 Å². The summed E-state index contributed by atoms with van der Waals surface area (Å²) in [5, 5.41) is 38.9. The summed E-state index contributed by atoms with van der Waals surface area (Å²) in [5.41, 5.74) is 1.30. The second-order valence-electron chi connectivity index (χ2n) is 10.1. The van der Waals surface area contributed by atoms with Gasteiger partial charge in [0.05, 0.1) is 24.8 Å². The van der Waals surface area contributed by atoms with Gasteiger partial charge in [-0.1, -0.05) is 35.3 Å². The fourth-order valence-corrected chi connectivity index (χ4v) is 5.13. The third-order valence-electron chi connectivity index (χ3n) is 7.20. The third-order valence-corrected chi connectivity index (χ3v) is 8.01. The number of aromatic hydroxyl groups is 4. The van der Waals surface area contributed by atoms with Crippen LogP contribution in [0.5, 0.6) is 46.0 Å². The van der Waals surface area contributed by atoms with Crippen LogP contribution < -0.4 is 14.2 Å². The number of carbonyl (C=O) groups excluding carboxylic acids is 3. The highest BCUT2D eigenvalue weighted by Gasteiger charge is 2.35. The minimum absolute atomic E-state index is 0.0131. The Hall–Kier alpha value is -5.13. The van der Waals surface area contributed by atoms with Crippen molar-refractivity contribution in [2.24, 2.45) is 0 Å². The number of halogens is 2. The summed E-state index contributed by atoms with van der Waals surface area (Å²) >= 11 is 12.2. The normalized spacial score (nSPS) is 11.5. The SMILES string of the molecule is COC(=O)c1c(C)c2c(c(C)c1O)OC(=O)c1c(C)c(Cl)c(O)c(Cl)c1O2.COc1ccc(CC(=O)c2ccc(O)cc2O)cc1.